The van der Waals surface area contributed by atoms with Crippen molar-refractivity contribution in [2.75, 3.05) is 5.73 Å². The van der Waals surface area contributed by atoms with E-state index in [2.05, 4.69) is 0 Å². The van der Waals surface area contributed by atoms with E-state index in [0.29, 0.717) is 6.54 Å². The Morgan fingerprint density at radius 3 is 2.53 bits per heavy atom. The number of nitrogen functional groups attached to an aromatic ring is 1. The molecule has 0 saturated carbocycles. The van der Waals surface area contributed by atoms with Gasteiger partial charge in [-0.15, -0.1) is 0 Å². The van der Waals surface area contributed by atoms with Crippen LogP contribution >= 0.6 is 0 Å². The summed E-state index contributed by atoms with van der Waals surface area (Å²) in [6.45, 7) is 1.63. The van der Waals surface area contributed by atoms with Gasteiger partial charge in [0.15, 0.2) is 0 Å². The first-order valence-electron chi connectivity index (χ1n) is 4.35. The van der Waals surface area contributed by atoms with Crippen LogP contribution in [0.1, 0.15) is 6.92 Å². The number of amides is 1. The molecule has 7 nitrogen and oxygen atoms in total. The van der Waals surface area contributed by atoms with Crippen molar-refractivity contribution in [2.24, 2.45) is 5.73 Å². The third-order valence-corrected chi connectivity index (χ3v) is 1.92. The van der Waals surface area contributed by atoms with Crippen LogP contribution in [0, 0.1) is 0 Å². The van der Waals surface area contributed by atoms with Gasteiger partial charge < -0.3 is 11.5 Å². The molecule has 4 N–H and O–H groups in total. The molecule has 0 aliphatic carbocycles. The molecule has 0 radical (unpaired) electrons. The Labute approximate surface area is 84.9 Å². The molecular weight excluding hydrogens is 200 g/mol. The lowest BCUT2D eigenvalue weighted by Gasteiger charge is -2.07. The Morgan fingerprint density at radius 2 is 2.07 bits per heavy atom. The molecule has 0 bridgehead atoms. The summed E-state index contributed by atoms with van der Waals surface area (Å²) in [5, 5.41) is 0. The molecular formula is C8H12N4O3. The molecule has 82 valence electrons. The van der Waals surface area contributed by atoms with E-state index < -0.39 is 23.7 Å². The van der Waals surface area contributed by atoms with E-state index in [-0.39, 0.29) is 5.69 Å². The fraction of sp³-hybridized carbons (Fsp3) is 0.375. The monoisotopic (exact) mass is 212 g/mol. The van der Waals surface area contributed by atoms with Crippen LogP contribution < -0.4 is 22.7 Å². The van der Waals surface area contributed by atoms with E-state index in [9.17, 15) is 14.4 Å². The predicted octanol–water partition coefficient (Wildman–Crippen LogP) is -1.90. The lowest BCUT2D eigenvalue weighted by Crippen LogP contribution is -2.43. The van der Waals surface area contributed by atoms with Crippen LogP contribution in [0.3, 0.4) is 0 Å². The van der Waals surface area contributed by atoms with Gasteiger partial charge in [-0.25, -0.2) is 9.36 Å². The maximum atomic E-state index is 11.6. The highest BCUT2D eigenvalue weighted by Gasteiger charge is 2.09. The number of hydrogen-bond acceptors (Lipinski definition) is 4. The third kappa shape index (κ3) is 2.06. The molecule has 1 amide bonds. The highest BCUT2D eigenvalue weighted by atomic mass is 16.2. The molecule has 0 aliphatic rings. The number of nitrogens with zero attached hydrogens (tertiary/aromatic N) is 2. The van der Waals surface area contributed by atoms with Crippen molar-refractivity contribution < 1.29 is 4.79 Å². The standard InChI is InChI=1S/C8H12N4O3/c1-2-11-3-5(9)7(14)12(8(11)15)4-6(10)13/h3H,2,4,9H2,1H3,(H2,10,13). The van der Waals surface area contributed by atoms with Crippen molar-refractivity contribution in [3.8, 4) is 0 Å². The Balaban J connectivity index is 3.48. The molecule has 1 heterocycles. The number of nitrogens with two attached hydrogens (primary N) is 2. The largest absolute Gasteiger partial charge is 0.393 e. The van der Waals surface area contributed by atoms with Crippen LogP contribution in [0.5, 0.6) is 0 Å². The van der Waals surface area contributed by atoms with Crippen molar-refractivity contribution in [1.82, 2.24) is 9.13 Å². The van der Waals surface area contributed by atoms with Crippen molar-refractivity contribution in [1.29, 1.82) is 0 Å². The second kappa shape index (κ2) is 3.99. The topological polar surface area (TPSA) is 113 Å². The van der Waals surface area contributed by atoms with E-state index in [4.69, 9.17) is 11.5 Å². The lowest BCUT2D eigenvalue weighted by atomic mass is 10.4. The van der Waals surface area contributed by atoms with Gasteiger partial charge >= 0.3 is 5.69 Å². The lowest BCUT2D eigenvalue weighted by molar-refractivity contribution is -0.118. The predicted molar refractivity (Wildman–Crippen MR) is 54.2 cm³/mol. The number of rotatable bonds is 3. The molecule has 0 aromatic carbocycles. The zero-order valence-corrected chi connectivity index (χ0v) is 8.27. The van der Waals surface area contributed by atoms with Gasteiger partial charge in [-0.2, -0.15) is 0 Å². The average molecular weight is 212 g/mol. The summed E-state index contributed by atoms with van der Waals surface area (Å²) in [6.07, 6.45) is 1.25. The Bertz CT molecular complexity index is 500. The summed E-state index contributed by atoms with van der Waals surface area (Å²) < 4.78 is 1.96. The summed E-state index contributed by atoms with van der Waals surface area (Å²) in [5.74, 6) is -0.762. The Kier molecular flexibility index (Phi) is 2.93. The fourth-order valence-corrected chi connectivity index (χ4v) is 1.20. The summed E-state index contributed by atoms with van der Waals surface area (Å²) in [5.41, 5.74) is 8.95. The molecule has 1 aromatic heterocycles. The van der Waals surface area contributed by atoms with Crippen LogP contribution in [0.25, 0.3) is 0 Å². The van der Waals surface area contributed by atoms with Crippen LogP contribution in [-0.2, 0) is 17.9 Å². The second-order valence-electron chi connectivity index (χ2n) is 3.01. The maximum absolute atomic E-state index is 11.6. The van der Waals surface area contributed by atoms with Gasteiger partial charge in [-0.05, 0) is 6.92 Å². The quantitative estimate of drug-likeness (QED) is 0.609. The van der Waals surface area contributed by atoms with Crippen molar-refractivity contribution in [3.63, 3.8) is 0 Å². The van der Waals surface area contributed by atoms with Gasteiger partial charge in [0.1, 0.15) is 12.2 Å². The first kappa shape index (κ1) is 11.0. The van der Waals surface area contributed by atoms with Gasteiger partial charge in [0.05, 0.1) is 0 Å². The first-order chi connectivity index (χ1) is 6.97. The number of anilines is 1. The SMILES string of the molecule is CCn1cc(N)c(=O)n(CC(N)=O)c1=O. The number of aryl methyl sites for hydroxylation is 1. The minimum atomic E-state index is -0.762. The summed E-state index contributed by atoms with van der Waals surface area (Å²) >= 11 is 0. The Morgan fingerprint density at radius 1 is 1.47 bits per heavy atom. The minimum Gasteiger partial charge on any atom is -0.393 e. The maximum Gasteiger partial charge on any atom is 0.331 e. The zero-order valence-electron chi connectivity index (χ0n) is 8.27. The number of carbonyl (C=O) groups is 1. The normalized spacial score (nSPS) is 10.2. The van der Waals surface area contributed by atoms with E-state index in [1.165, 1.54) is 10.8 Å². The molecule has 0 fully saturated rings. The smallest absolute Gasteiger partial charge is 0.331 e. The average Bonchev–Trinajstić information content (AvgIpc) is 2.18. The van der Waals surface area contributed by atoms with Gasteiger partial charge in [0.25, 0.3) is 5.56 Å². The van der Waals surface area contributed by atoms with Gasteiger partial charge in [0.2, 0.25) is 5.91 Å². The van der Waals surface area contributed by atoms with E-state index >= 15 is 0 Å². The van der Waals surface area contributed by atoms with Crippen LogP contribution in [0.4, 0.5) is 5.69 Å². The molecule has 1 aromatic rings. The summed E-state index contributed by atoms with van der Waals surface area (Å²) in [6, 6.07) is 0. The molecule has 0 saturated heterocycles. The Hall–Kier alpha value is -2.05. The van der Waals surface area contributed by atoms with Crippen molar-refractivity contribution in [2.45, 2.75) is 20.0 Å². The second-order valence-corrected chi connectivity index (χ2v) is 3.01. The number of primary amides is 1. The van der Waals surface area contributed by atoms with Gasteiger partial charge in [0, 0.05) is 12.7 Å². The number of carbonyl (C=O) groups excluding carboxylic acids is 1. The molecule has 0 atom stereocenters. The zero-order chi connectivity index (χ0) is 11.6. The van der Waals surface area contributed by atoms with Gasteiger partial charge in [-0.1, -0.05) is 0 Å². The van der Waals surface area contributed by atoms with Gasteiger partial charge in [-0.3, -0.25) is 14.2 Å². The van der Waals surface area contributed by atoms with E-state index in [1.807, 2.05) is 0 Å². The van der Waals surface area contributed by atoms with Crippen LogP contribution in [0.2, 0.25) is 0 Å². The van der Waals surface area contributed by atoms with E-state index in [0.717, 1.165) is 4.57 Å². The molecule has 0 aliphatic heterocycles. The van der Waals surface area contributed by atoms with Crippen molar-refractivity contribution >= 4 is 11.6 Å². The minimum absolute atomic E-state index is 0.0855. The molecule has 0 spiro atoms. The highest BCUT2D eigenvalue weighted by molar-refractivity contribution is 5.73. The molecule has 1 rings (SSSR count). The number of aromatic nitrogens is 2. The van der Waals surface area contributed by atoms with Crippen LogP contribution in [0.15, 0.2) is 15.8 Å². The molecule has 7 heteroatoms. The third-order valence-electron chi connectivity index (χ3n) is 1.92. The number of hydrogen-bond donors (Lipinski definition) is 2. The highest BCUT2D eigenvalue weighted by Crippen LogP contribution is 1.89. The summed E-state index contributed by atoms with van der Waals surface area (Å²) in [4.78, 5) is 33.6. The molecule has 0 unspecified atom stereocenters. The van der Waals surface area contributed by atoms with Crippen molar-refractivity contribution in [3.05, 3.63) is 27.0 Å². The fourth-order valence-electron chi connectivity index (χ4n) is 1.20. The summed E-state index contributed by atoms with van der Waals surface area (Å²) in [7, 11) is 0. The molecule has 15 heavy (non-hydrogen) atoms. The van der Waals surface area contributed by atoms with E-state index in [1.54, 1.807) is 6.92 Å². The van der Waals surface area contributed by atoms with Crippen LogP contribution in [-0.4, -0.2) is 15.0 Å². The first-order valence-corrected chi connectivity index (χ1v) is 4.35.